The van der Waals surface area contributed by atoms with Crippen molar-refractivity contribution in [3.05, 3.63) is 57.9 Å². The fraction of sp³-hybridized carbons (Fsp3) is 0. The van der Waals surface area contributed by atoms with Crippen LogP contribution in [0.25, 0.3) is 0 Å². The predicted octanol–water partition coefficient (Wildman–Crippen LogP) is 3.35. The van der Waals surface area contributed by atoms with Gasteiger partial charge in [-0.1, -0.05) is 23.7 Å². The number of hydrogen-bond donors (Lipinski definition) is 2. The molecule has 1 heterocycles. The van der Waals surface area contributed by atoms with Crippen LogP contribution in [-0.2, 0) is 4.79 Å². The number of aromatic nitrogens is 2. The van der Waals surface area contributed by atoms with Crippen molar-refractivity contribution in [2.75, 3.05) is 10.6 Å². The molecule has 2 N–H and O–H groups in total. The molecule has 0 aliphatic heterocycles. The lowest BCUT2D eigenvalue weighted by Crippen LogP contribution is -2.15. The number of carbonyl (C=O) groups excluding carboxylic acids is 1. The lowest BCUT2D eigenvalue weighted by atomic mass is 10.2. The highest BCUT2D eigenvalue weighted by molar-refractivity contribution is 9.10. The van der Waals surface area contributed by atoms with Gasteiger partial charge in [0, 0.05) is 18.6 Å². The minimum Gasteiger partial charge on any atom is -0.329 e. The Balaban J connectivity index is 2.09. The molecule has 0 atom stereocenters. The number of rotatable bonds is 4. The lowest BCUT2D eigenvalue weighted by Gasteiger charge is -2.06. The summed E-state index contributed by atoms with van der Waals surface area (Å²) >= 11 is 9.16. The first-order valence-electron chi connectivity index (χ1n) is 6.00. The third-order valence-electron chi connectivity index (χ3n) is 2.45. The Morgan fingerprint density at radius 1 is 1.32 bits per heavy atom. The lowest BCUT2D eigenvalue weighted by molar-refractivity contribution is -0.112. The Bertz CT molecular complexity index is 755. The van der Waals surface area contributed by atoms with Crippen molar-refractivity contribution in [1.82, 2.24) is 9.97 Å². The first-order chi connectivity index (χ1) is 10.6. The van der Waals surface area contributed by atoms with Crippen molar-refractivity contribution < 1.29 is 4.79 Å². The monoisotopic (exact) mass is 377 g/mol. The standard InChI is InChI=1S/C14H9BrClN5O/c15-10-7-19-14(20-8-10)18-6-9(5-17)13(22)21-12-4-2-1-3-11(12)16/h1-4,6-8H,(H,21,22)(H,18,19,20)/b9-6-. The quantitative estimate of drug-likeness (QED) is 0.629. The Kier molecular flexibility index (Phi) is 5.47. The molecule has 0 saturated carbocycles. The van der Waals surface area contributed by atoms with Crippen molar-refractivity contribution in [3.8, 4) is 6.07 Å². The Morgan fingerprint density at radius 3 is 2.64 bits per heavy atom. The van der Waals surface area contributed by atoms with Gasteiger partial charge >= 0.3 is 0 Å². The zero-order valence-electron chi connectivity index (χ0n) is 11.0. The number of nitrogens with zero attached hydrogens (tertiary/aromatic N) is 3. The molecule has 1 aromatic heterocycles. The molecular formula is C14H9BrClN5O. The molecule has 0 fully saturated rings. The van der Waals surface area contributed by atoms with Gasteiger partial charge in [0.25, 0.3) is 5.91 Å². The molecule has 8 heteroatoms. The molecule has 110 valence electrons. The van der Waals surface area contributed by atoms with Crippen molar-refractivity contribution in [3.63, 3.8) is 0 Å². The summed E-state index contributed by atoms with van der Waals surface area (Å²) in [6, 6.07) is 8.55. The van der Waals surface area contributed by atoms with Crippen molar-refractivity contribution >= 4 is 45.1 Å². The fourth-order valence-corrected chi connectivity index (χ4v) is 1.81. The van der Waals surface area contributed by atoms with Crippen LogP contribution in [0, 0.1) is 11.3 Å². The highest BCUT2D eigenvalue weighted by atomic mass is 79.9. The predicted molar refractivity (Wildman–Crippen MR) is 87.1 cm³/mol. The second-order valence-corrected chi connectivity index (χ2v) is 5.30. The summed E-state index contributed by atoms with van der Waals surface area (Å²) in [6.45, 7) is 0. The maximum atomic E-state index is 12.0. The maximum absolute atomic E-state index is 12.0. The van der Waals surface area contributed by atoms with Crippen LogP contribution in [-0.4, -0.2) is 15.9 Å². The molecule has 2 rings (SSSR count). The molecule has 0 unspecified atom stereocenters. The number of amides is 1. The van der Waals surface area contributed by atoms with Crippen LogP contribution in [0.3, 0.4) is 0 Å². The van der Waals surface area contributed by atoms with Gasteiger partial charge in [-0.15, -0.1) is 0 Å². The van der Waals surface area contributed by atoms with Gasteiger partial charge in [0.2, 0.25) is 5.95 Å². The van der Waals surface area contributed by atoms with E-state index in [1.807, 2.05) is 0 Å². The number of para-hydroxylation sites is 1. The normalized spacial score (nSPS) is 10.7. The average Bonchev–Trinajstić information content (AvgIpc) is 2.52. The number of nitrogens with one attached hydrogen (secondary N) is 2. The Labute approximate surface area is 140 Å². The van der Waals surface area contributed by atoms with Gasteiger partial charge in [0.15, 0.2) is 0 Å². The van der Waals surface area contributed by atoms with E-state index in [9.17, 15) is 4.79 Å². The zero-order chi connectivity index (χ0) is 15.9. The molecule has 0 aliphatic carbocycles. The van der Waals surface area contributed by atoms with E-state index in [2.05, 4.69) is 36.5 Å². The second-order valence-electron chi connectivity index (χ2n) is 3.97. The summed E-state index contributed by atoms with van der Waals surface area (Å²) in [4.78, 5) is 20.0. The molecular weight excluding hydrogens is 370 g/mol. The van der Waals surface area contributed by atoms with Gasteiger partial charge in [-0.25, -0.2) is 9.97 Å². The van der Waals surface area contributed by atoms with Crippen LogP contribution in [0.2, 0.25) is 5.02 Å². The number of halogens is 2. The molecule has 0 spiro atoms. The fourth-order valence-electron chi connectivity index (χ4n) is 1.42. The molecule has 0 bridgehead atoms. The van der Waals surface area contributed by atoms with Gasteiger partial charge in [-0.3, -0.25) is 4.79 Å². The van der Waals surface area contributed by atoms with Gasteiger partial charge in [0.05, 0.1) is 15.2 Å². The molecule has 1 aromatic carbocycles. The van der Waals surface area contributed by atoms with Crippen molar-refractivity contribution in [2.45, 2.75) is 0 Å². The van der Waals surface area contributed by atoms with E-state index >= 15 is 0 Å². The van der Waals surface area contributed by atoms with E-state index in [0.717, 1.165) is 4.47 Å². The number of anilines is 2. The first-order valence-corrected chi connectivity index (χ1v) is 7.17. The number of carbonyl (C=O) groups is 1. The molecule has 22 heavy (non-hydrogen) atoms. The summed E-state index contributed by atoms with van der Waals surface area (Å²) < 4.78 is 0.721. The summed E-state index contributed by atoms with van der Waals surface area (Å²) in [5.74, 6) is -0.318. The van der Waals surface area contributed by atoms with E-state index in [1.54, 1.807) is 42.7 Å². The van der Waals surface area contributed by atoms with Crippen LogP contribution in [0.15, 0.2) is 52.9 Å². The van der Waals surface area contributed by atoms with Crippen LogP contribution < -0.4 is 10.6 Å². The minimum atomic E-state index is -0.583. The van der Waals surface area contributed by atoms with Crippen LogP contribution in [0.1, 0.15) is 0 Å². The van der Waals surface area contributed by atoms with Crippen molar-refractivity contribution in [1.29, 1.82) is 5.26 Å². The van der Waals surface area contributed by atoms with E-state index in [0.29, 0.717) is 10.7 Å². The summed E-state index contributed by atoms with van der Waals surface area (Å²) in [5.41, 5.74) is 0.293. The number of nitriles is 1. The van der Waals surface area contributed by atoms with Gasteiger partial charge < -0.3 is 10.6 Å². The number of hydrogen-bond acceptors (Lipinski definition) is 5. The molecule has 6 nitrogen and oxygen atoms in total. The minimum absolute atomic E-state index is 0.133. The van der Waals surface area contributed by atoms with E-state index in [-0.39, 0.29) is 11.5 Å². The van der Waals surface area contributed by atoms with Gasteiger partial charge in [-0.05, 0) is 28.1 Å². The van der Waals surface area contributed by atoms with Gasteiger partial charge in [0.1, 0.15) is 11.6 Å². The Morgan fingerprint density at radius 2 is 2.00 bits per heavy atom. The topological polar surface area (TPSA) is 90.7 Å². The zero-order valence-corrected chi connectivity index (χ0v) is 13.4. The van der Waals surface area contributed by atoms with Crippen LogP contribution >= 0.6 is 27.5 Å². The molecule has 1 amide bonds. The largest absolute Gasteiger partial charge is 0.329 e. The molecule has 0 aliphatic rings. The smallest absolute Gasteiger partial charge is 0.267 e. The van der Waals surface area contributed by atoms with E-state index in [4.69, 9.17) is 16.9 Å². The third kappa shape index (κ3) is 4.28. The average molecular weight is 379 g/mol. The summed E-state index contributed by atoms with van der Waals surface area (Å²) in [7, 11) is 0. The Hall–Kier alpha value is -2.43. The molecule has 2 aromatic rings. The second kappa shape index (κ2) is 7.54. The molecule has 0 radical (unpaired) electrons. The summed E-state index contributed by atoms with van der Waals surface area (Å²) in [5, 5.41) is 14.7. The summed E-state index contributed by atoms with van der Waals surface area (Å²) in [6.07, 6.45) is 4.31. The highest BCUT2D eigenvalue weighted by Crippen LogP contribution is 2.20. The maximum Gasteiger partial charge on any atom is 0.267 e. The van der Waals surface area contributed by atoms with Crippen molar-refractivity contribution in [2.24, 2.45) is 0 Å². The van der Waals surface area contributed by atoms with Crippen LogP contribution in [0.4, 0.5) is 11.6 Å². The molecule has 0 saturated heterocycles. The van der Waals surface area contributed by atoms with E-state index in [1.165, 1.54) is 6.20 Å². The van der Waals surface area contributed by atoms with E-state index < -0.39 is 5.91 Å². The SMILES string of the molecule is N#C/C(=C/Nc1ncc(Br)cn1)C(=O)Nc1ccccc1Cl. The van der Waals surface area contributed by atoms with Gasteiger partial charge in [-0.2, -0.15) is 5.26 Å². The first kappa shape index (κ1) is 15.9. The third-order valence-corrected chi connectivity index (χ3v) is 3.19. The highest BCUT2D eigenvalue weighted by Gasteiger charge is 2.11. The number of benzene rings is 1. The van der Waals surface area contributed by atoms with Crippen LogP contribution in [0.5, 0.6) is 0 Å².